The Morgan fingerprint density at radius 3 is 2.06 bits per heavy atom. The van der Waals surface area contributed by atoms with E-state index in [9.17, 15) is 18.3 Å². The number of aliphatic hydroxyl groups is 1. The van der Waals surface area contributed by atoms with Gasteiger partial charge in [-0.2, -0.15) is 0 Å². The lowest BCUT2D eigenvalue weighted by molar-refractivity contribution is 0.149. The van der Waals surface area contributed by atoms with Gasteiger partial charge in [0.2, 0.25) is 0 Å². The summed E-state index contributed by atoms with van der Waals surface area (Å²) in [6, 6.07) is 1.18. The van der Waals surface area contributed by atoms with Crippen molar-refractivity contribution in [2.75, 3.05) is 0 Å². The van der Waals surface area contributed by atoms with Crippen molar-refractivity contribution in [3.05, 3.63) is 35.1 Å². The van der Waals surface area contributed by atoms with Crippen LogP contribution in [0.5, 0.6) is 0 Å². The standard InChI is InChI=1S/C14H19F3O/c1-14(2,3)6-4-5-12(18)13-10(16)7-9(15)8-11(13)17/h7-8,12,18H,4-6H2,1-3H3. The monoisotopic (exact) mass is 260 g/mol. The molecular weight excluding hydrogens is 241 g/mol. The quantitative estimate of drug-likeness (QED) is 0.853. The molecule has 0 aliphatic carbocycles. The van der Waals surface area contributed by atoms with E-state index in [4.69, 9.17) is 0 Å². The lowest BCUT2D eigenvalue weighted by Gasteiger charge is -2.19. The van der Waals surface area contributed by atoms with Crippen LogP contribution in [0.4, 0.5) is 13.2 Å². The molecule has 1 N–H and O–H groups in total. The first-order valence-corrected chi connectivity index (χ1v) is 6.03. The highest BCUT2D eigenvalue weighted by molar-refractivity contribution is 5.23. The van der Waals surface area contributed by atoms with Crippen LogP contribution in [-0.2, 0) is 0 Å². The van der Waals surface area contributed by atoms with Crippen LogP contribution in [0.25, 0.3) is 0 Å². The summed E-state index contributed by atoms with van der Waals surface area (Å²) in [4.78, 5) is 0. The highest BCUT2D eigenvalue weighted by Gasteiger charge is 2.20. The number of benzene rings is 1. The Labute approximate surface area is 106 Å². The zero-order valence-corrected chi connectivity index (χ0v) is 10.9. The molecule has 1 aromatic carbocycles. The van der Waals surface area contributed by atoms with Crippen LogP contribution < -0.4 is 0 Å². The third-order valence-corrected chi connectivity index (χ3v) is 2.78. The third-order valence-electron chi connectivity index (χ3n) is 2.78. The fraction of sp³-hybridized carbons (Fsp3) is 0.571. The molecule has 1 unspecified atom stereocenters. The van der Waals surface area contributed by atoms with Gasteiger partial charge in [0.15, 0.2) is 0 Å². The van der Waals surface area contributed by atoms with Crippen molar-refractivity contribution in [3.63, 3.8) is 0 Å². The highest BCUT2D eigenvalue weighted by Crippen LogP contribution is 2.29. The van der Waals surface area contributed by atoms with Gasteiger partial charge >= 0.3 is 0 Å². The molecule has 0 spiro atoms. The highest BCUT2D eigenvalue weighted by atomic mass is 19.1. The summed E-state index contributed by atoms with van der Waals surface area (Å²) in [5, 5.41) is 9.77. The largest absolute Gasteiger partial charge is 0.388 e. The summed E-state index contributed by atoms with van der Waals surface area (Å²) in [5.74, 6) is -3.04. The van der Waals surface area contributed by atoms with Gasteiger partial charge in [0, 0.05) is 12.1 Å². The maximum Gasteiger partial charge on any atom is 0.134 e. The predicted octanol–water partition coefficient (Wildman–Crippen LogP) is 4.35. The van der Waals surface area contributed by atoms with E-state index in [1.54, 1.807) is 0 Å². The Morgan fingerprint density at radius 2 is 1.61 bits per heavy atom. The molecule has 0 saturated carbocycles. The van der Waals surface area contributed by atoms with Crippen molar-refractivity contribution in [3.8, 4) is 0 Å². The number of halogens is 3. The van der Waals surface area contributed by atoms with Gasteiger partial charge in [0.25, 0.3) is 0 Å². The molecule has 0 radical (unpaired) electrons. The van der Waals surface area contributed by atoms with Gasteiger partial charge < -0.3 is 5.11 Å². The van der Waals surface area contributed by atoms with Crippen molar-refractivity contribution in [2.45, 2.75) is 46.1 Å². The number of aliphatic hydroxyl groups excluding tert-OH is 1. The van der Waals surface area contributed by atoms with Crippen molar-refractivity contribution in [1.29, 1.82) is 0 Å². The second-order valence-electron chi connectivity index (χ2n) is 5.75. The third kappa shape index (κ3) is 4.33. The van der Waals surface area contributed by atoms with Gasteiger partial charge in [0.05, 0.1) is 11.7 Å². The van der Waals surface area contributed by atoms with E-state index >= 15 is 0 Å². The zero-order chi connectivity index (χ0) is 13.9. The molecule has 0 aliphatic heterocycles. The Morgan fingerprint density at radius 1 is 1.11 bits per heavy atom. The molecule has 0 amide bonds. The average molecular weight is 260 g/mol. The molecule has 1 nitrogen and oxygen atoms in total. The number of hydrogen-bond donors (Lipinski definition) is 1. The first kappa shape index (κ1) is 15.0. The smallest absolute Gasteiger partial charge is 0.134 e. The van der Waals surface area contributed by atoms with Crippen molar-refractivity contribution >= 4 is 0 Å². The van der Waals surface area contributed by atoms with E-state index in [0.29, 0.717) is 18.6 Å². The van der Waals surface area contributed by atoms with E-state index in [1.807, 2.05) is 0 Å². The number of rotatable bonds is 4. The molecule has 1 aromatic rings. The van der Waals surface area contributed by atoms with Crippen LogP contribution in [0.15, 0.2) is 12.1 Å². The molecule has 18 heavy (non-hydrogen) atoms. The van der Waals surface area contributed by atoms with E-state index in [-0.39, 0.29) is 11.8 Å². The summed E-state index contributed by atoms with van der Waals surface area (Å²) in [6.07, 6.45) is 0.527. The minimum Gasteiger partial charge on any atom is -0.388 e. The molecular formula is C14H19F3O. The molecule has 102 valence electrons. The minimum absolute atomic E-state index is 0.111. The van der Waals surface area contributed by atoms with Gasteiger partial charge in [-0.05, 0) is 18.3 Å². The van der Waals surface area contributed by atoms with Gasteiger partial charge in [-0.15, -0.1) is 0 Å². The van der Waals surface area contributed by atoms with Crippen LogP contribution >= 0.6 is 0 Å². The van der Waals surface area contributed by atoms with E-state index < -0.39 is 29.1 Å². The van der Waals surface area contributed by atoms with E-state index in [0.717, 1.165) is 6.42 Å². The average Bonchev–Trinajstić information content (AvgIpc) is 2.13. The van der Waals surface area contributed by atoms with Gasteiger partial charge in [-0.1, -0.05) is 27.2 Å². The van der Waals surface area contributed by atoms with Gasteiger partial charge in [-0.25, -0.2) is 13.2 Å². The Kier molecular flexibility index (Phi) is 4.79. The van der Waals surface area contributed by atoms with Crippen LogP contribution in [0, 0.1) is 22.9 Å². The molecule has 0 bridgehead atoms. The Balaban J connectivity index is 2.70. The van der Waals surface area contributed by atoms with Crippen LogP contribution in [0.3, 0.4) is 0 Å². The molecule has 0 fully saturated rings. The Hall–Kier alpha value is -1.03. The fourth-order valence-electron chi connectivity index (χ4n) is 1.84. The molecule has 0 aromatic heterocycles. The first-order chi connectivity index (χ1) is 8.20. The maximum atomic E-state index is 13.4. The van der Waals surface area contributed by atoms with Crippen molar-refractivity contribution in [2.24, 2.45) is 5.41 Å². The van der Waals surface area contributed by atoms with Gasteiger partial charge in [-0.3, -0.25) is 0 Å². The number of hydrogen-bond acceptors (Lipinski definition) is 1. The predicted molar refractivity (Wildman–Crippen MR) is 64.6 cm³/mol. The molecule has 4 heteroatoms. The van der Waals surface area contributed by atoms with Crippen molar-refractivity contribution in [1.82, 2.24) is 0 Å². The summed E-state index contributed by atoms with van der Waals surface area (Å²) in [6.45, 7) is 6.16. The van der Waals surface area contributed by atoms with E-state index in [2.05, 4.69) is 20.8 Å². The summed E-state index contributed by atoms with van der Waals surface area (Å²) >= 11 is 0. The lowest BCUT2D eigenvalue weighted by atomic mass is 9.88. The molecule has 0 aliphatic rings. The van der Waals surface area contributed by atoms with Crippen LogP contribution in [0.1, 0.15) is 51.7 Å². The van der Waals surface area contributed by atoms with Crippen LogP contribution in [-0.4, -0.2) is 5.11 Å². The maximum absolute atomic E-state index is 13.4. The second kappa shape index (κ2) is 5.74. The summed E-state index contributed by atoms with van der Waals surface area (Å²) in [5.41, 5.74) is -0.329. The zero-order valence-electron chi connectivity index (χ0n) is 10.9. The Bertz CT molecular complexity index is 387. The van der Waals surface area contributed by atoms with E-state index in [1.165, 1.54) is 0 Å². The summed E-state index contributed by atoms with van der Waals surface area (Å²) < 4.78 is 39.5. The fourth-order valence-corrected chi connectivity index (χ4v) is 1.84. The second-order valence-corrected chi connectivity index (χ2v) is 5.75. The first-order valence-electron chi connectivity index (χ1n) is 6.03. The SMILES string of the molecule is CC(C)(C)CCCC(O)c1c(F)cc(F)cc1F. The molecule has 1 rings (SSSR count). The molecule has 0 heterocycles. The van der Waals surface area contributed by atoms with Gasteiger partial charge in [0.1, 0.15) is 17.5 Å². The molecule has 1 atom stereocenters. The normalized spacial score (nSPS) is 13.7. The molecule has 0 saturated heterocycles. The summed E-state index contributed by atoms with van der Waals surface area (Å²) in [7, 11) is 0. The lowest BCUT2D eigenvalue weighted by Crippen LogP contribution is -2.08. The van der Waals surface area contributed by atoms with Crippen molar-refractivity contribution < 1.29 is 18.3 Å². The minimum atomic E-state index is -1.23. The van der Waals surface area contributed by atoms with Crippen LogP contribution in [0.2, 0.25) is 0 Å². The topological polar surface area (TPSA) is 20.2 Å².